The topological polar surface area (TPSA) is 53.1 Å². The molecule has 2 aromatic rings. The number of nitrogen functional groups attached to an aromatic ring is 1. The van der Waals surface area contributed by atoms with Crippen molar-refractivity contribution in [2.75, 3.05) is 5.73 Å². The van der Waals surface area contributed by atoms with Gasteiger partial charge in [0.25, 0.3) is 0 Å². The van der Waals surface area contributed by atoms with Gasteiger partial charge in [-0.2, -0.15) is 0 Å². The molecule has 2 N–H and O–H groups in total. The normalized spacial score (nSPS) is 11.0. The van der Waals surface area contributed by atoms with E-state index in [0.717, 1.165) is 29.3 Å². The smallest absolute Gasteiger partial charge is 0.131 e. The van der Waals surface area contributed by atoms with E-state index < -0.39 is 0 Å². The Morgan fingerprint density at radius 2 is 2.11 bits per heavy atom. The Kier molecular flexibility index (Phi) is 3.79. The molecule has 4 heteroatoms. The SMILES string of the molecule is CCc1nc(-c2cccc(OC(C)C)c2)c(N)n1C. The number of hydrogen-bond acceptors (Lipinski definition) is 3. The molecule has 19 heavy (non-hydrogen) atoms. The lowest BCUT2D eigenvalue weighted by atomic mass is 10.1. The number of nitrogens with zero attached hydrogens (tertiary/aromatic N) is 2. The summed E-state index contributed by atoms with van der Waals surface area (Å²) in [6.45, 7) is 6.10. The molecule has 0 spiro atoms. The standard InChI is InChI=1S/C15H21N3O/c1-5-13-17-14(15(16)18(13)4)11-7-6-8-12(9-11)19-10(2)3/h6-10H,5,16H2,1-4H3. The van der Waals surface area contributed by atoms with Crippen LogP contribution in [0.4, 0.5) is 5.82 Å². The molecule has 0 unspecified atom stereocenters. The van der Waals surface area contributed by atoms with Gasteiger partial charge in [-0.1, -0.05) is 19.1 Å². The molecule has 0 amide bonds. The summed E-state index contributed by atoms with van der Waals surface area (Å²) in [5, 5.41) is 0. The molecule has 0 aliphatic rings. The fourth-order valence-electron chi connectivity index (χ4n) is 2.08. The summed E-state index contributed by atoms with van der Waals surface area (Å²) in [4.78, 5) is 4.60. The predicted octanol–water partition coefficient (Wildman–Crippen LogP) is 3.02. The highest BCUT2D eigenvalue weighted by atomic mass is 16.5. The minimum absolute atomic E-state index is 0.155. The monoisotopic (exact) mass is 259 g/mol. The Bertz CT molecular complexity index is 573. The largest absolute Gasteiger partial charge is 0.491 e. The van der Waals surface area contributed by atoms with Crippen molar-refractivity contribution in [1.29, 1.82) is 0 Å². The van der Waals surface area contributed by atoms with Crippen molar-refractivity contribution in [3.05, 3.63) is 30.1 Å². The lowest BCUT2D eigenvalue weighted by molar-refractivity contribution is 0.242. The zero-order valence-corrected chi connectivity index (χ0v) is 12.0. The highest BCUT2D eigenvalue weighted by Gasteiger charge is 2.13. The Balaban J connectivity index is 2.41. The van der Waals surface area contributed by atoms with Gasteiger partial charge in [0.05, 0.1) is 6.10 Å². The molecular formula is C15H21N3O. The lowest BCUT2D eigenvalue weighted by Gasteiger charge is -2.10. The molecule has 102 valence electrons. The van der Waals surface area contributed by atoms with Crippen molar-refractivity contribution < 1.29 is 4.74 Å². The molecule has 0 aliphatic heterocycles. The van der Waals surface area contributed by atoms with Gasteiger partial charge in [-0.3, -0.25) is 0 Å². The van der Waals surface area contributed by atoms with Crippen molar-refractivity contribution in [1.82, 2.24) is 9.55 Å². The van der Waals surface area contributed by atoms with Crippen molar-refractivity contribution in [3.8, 4) is 17.0 Å². The van der Waals surface area contributed by atoms with Crippen LogP contribution in [0.15, 0.2) is 24.3 Å². The summed E-state index contributed by atoms with van der Waals surface area (Å²) in [7, 11) is 1.94. The number of ether oxygens (including phenoxy) is 1. The van der Waals surface area contributed by atoms with Crippen LogP contribution in [0.3, 0.4) is 0 Å². The minimum atomic E-state index is 0.155. The number of benzene rings is 1. The number of rotatable bonds is 4. The summed E-state index contributed by atoms with van der Waals surface area (Å²) >= 11 is 0. The van der Waals surface area contributed by atoms with Gasteiger partial charge >= 0.3 is 0 Å². The van der Waals surface area contributed by atoms with E-state index in [-0.39, 0.29) is 6.10 Å². The van der Waals surface area contributed by atoms with Crippen LogP contribution in [0.2, 0.25) is 0 Å². The van der Waals surface area contributed by atoms with Gasteiger partial charge in [-0.15, -0.1) is 0 Å². The molecule has 1 heterocycles. The van der Waals surface area contributed by atoms with Gasteiger partial charge in [0, 0.05) is 19.0 Å². The first-order chi connectivity index (χ1) is 9.02. The first-order valence-electron chi connectivity index (χ1n) is 6.61. The summed E-state index contributed by atoms with van der Waals surface area (Å²) in [5.41, 5.74) is 7.94. The van der Waals surface area contributed by atoms with E-state index in [1.54, 1.807) is 0 Å². The molecule has 4 nitrogen and oxygen atoms in total. The first kappa shape index (κ1) is 13.5. The van der Waals surface area contributed by atoms with Crippen LogP contribution >= 0.6 is 0 Å². The van der Waals surface area contributed by atoms with Gasteiger partial charge in [0.1, 0.15) is 23.1 Å². The fraction of sp³-hybridized carbons (Fsp3) is 0.400. The van der Waals surface area contributed by atoms with Crippen molar-refractivity contribution in [2.45, 2.75) is 33.3 Å². The van der Waals surface area contributed by atoms with Gasteiger partial charge in [-0.25, -0.2) is 4.98 Å². The van der Waals surface area contributed by atoms with E-state index in [9.17, 15) is 0 Å². The van der Waals surface area contributed by atoms with E-state index in [1.807, 2.05) is 49.7 Å². The molecule has 0 fully saturated rings. The number of imidazole rings is 1. The summed E-state index contributed by atoms with van der Waals surface area (Å²) in [5.74, 6) is 2.52. The average molecular weight is 259 g/mol. The number of anilines is 1. The zero-order chi connectivity index (χ0) is 14.0. The van der Waals surface area contributed by atoms with Gasteiger partial charge < -0.3 is 15.0 Å². The molecule has 0 atom stereocenters. The molecule has 1 aromatic carbocycles. The molecule has 0 bridgehead atoms. The summed E-state index contributed by atoms with van der Waals surface area (Å²) in [6, 6.07) is 7.90. The minimum Gasteiger partial charge on any atom is -0.491 e. The van der Waals surface area contributed by atoms with Crippen LogP contribution in [0, 0.1) is 0 Å². The van der Waals surface area contributed by atoms with Crippen LogP contribution in [-0.4, -0.2) is 15.7 Å². The number of aryl methyl sites for hydroxylation is 1. The van der Waals surface area contributed by atoms with E-state index in [0.29, 0.717) is 5.82 Å². The van der Waals surface area contributed by atoms with Crippen molar-refractivity contribution >= 4 is 5.82 Å². The van der Waals surface area contributed by atoms with Crippen LogP contribution < -0.4 is 10.5 Å². The Labute approximate surface area is 114 Å². The number of nitrogens with two attached hydrogens (primary N) is 1. The zero-order valence-electron chi connectivity index (χ0n) is 12.0. The summed E-state index contributed by atoms with van der Waals surface area (Å²) < 4.78 is 7.64. The van der Waals surface area contributed by atoms with E-state index >= 15 is 0 Å². The van der Waals surface area contributed by atoms with Crippen molar-refractivity contribution in [3.63, 3.8) is 0 Å². The van der Waals surface area contributed by atoms with E-state index in [4.69, 9.17) is 10.5 Å². The van der Waals surface area contributed by atoms with Crippen LogP contribution in [0.5, 0.6) is 5.75 Å². The highest BCUT2D eigenvalue weighted by Crippen LogP contribution is 2.28. The highest BCUT2D eigenvalue weighted by molar-refractivity contribution is 5.72. The van der Waals surface area contributed by atoms with Crippen LogP contribution in [0.25, 0.3) is 11.3 Å². The molecule has 0 aliphatic carbocycles. The third kappa shape index (κ3) is 2.72. The van der Waals surface area contributed by atoms with Gasteiger partial charge in [-0.05, 0) is 26.0 Å². The fourth-order valence-corrected chi connectivity index (χ4v) is 2.08. The maximum absolute atomic E-state index is 6.12. The van der Waals surface area contributed by atoms with E-state index in [2.05, 4.69) is 11.9 Å². The Morgan fingerprint density at radius 1 is 1.37 bits per heavy atom. The molecular weight excluding hydrogens is 238 g/mol. The average Bonchev–Trinajstić information content (AvgIpc) is 2.65. The van der Waals surface area contributed by atoms with Crippen LogP contribution in [-0.2, 0) is 13.5 Å². The van der Waals surface area contributed by atoms with Gasteiger partial charge in [0.15, 0.2) is 0 Å². The summed E-state index contributed by atoms with van der Waals surface area (Å²) in [6.07, 6.45) is 1.02. The number of aromatic nitrogens is 2. The molecule has 0 saturated carbocycles. The quantitative estimate of drug-likeness (QED) is 0.918. The molecule has 0 saturated heterocycles. The van der Waals surface area contributed by atoms with E-state index in [1.165, 1.54) is 0 Å². The second kappa shape index (κ2) is 5.34. The van der Waals surface area contributed by atoms with Crippen molar-refractivity contribution in [2.24, 2.45) is 7.05 Å². The number of hydrogen-bond donors (Lipinski definition) is 1. The second-order valence-corrected chi connectivity index (χ2v) is 4.87. The molecule has 0 radical (unpaired) electrons. The third-order valence-electron chi connectivity index (χ3n) is 3.03. The predicted molar refractivity (Wildman–Crippen MR) is 78.2 cm³/mol. The first-order valence-corrected chi connectivity index (χ1v) is 6.61. The molecule has 2 rings (SSSR count). The Hall–Kier alpha value is -1.97. The third-order valence-corrected chi connectivity index (χ3v) is 3.03. The lowest BCUT2D eigenvalue weighted by Crippen LogP contribution is -2.05. The van der Waals surface area contributed by atoms with Gasteiger partial charge in [0.2, 0.25) is 0 Å². The Morgan fingerprint density at radius 3 is 2.68 bits per heavy atom. The second-order valence-electron chi connectivity index (χ2n) is 4.87. The maximum Gasteiger partial charge on any atom is 0.131 e. The van der Waals surface area contributed by atoms with Crippen LogP contribution in [0.1, 0.15) is 26.6 Å². The molecule has 1 aromatic heterocycles. The maximum atomic E-state index is 6.12.